The van der Waals surface area contributed by atoms with Crippen molar-refractivity contribution in [1.82, 2.24) is 0 Å². The second-order valence-corrected chi connectivity index (χ2v) is 9.42. The summed E-state index contributed by atoms with van der Waals surface area (Å²) in [5.41, 5.74) is 4.36. The van der Waals surface area contributed by atoms with Crippen molar-refractivity contribution in [3.05, 3.63) is 78.4 Å². The lowest BCUT2D eigenvalue weighted by Crippen LogP contribution is -1.97. The van der Waals surface area contributed by atoms with Crippen LogP contribution < -0.4 is 9.47 Å². The van der Waals surface area contributed by atoms with Crippen molar-refractivity contribution in [2.24, 2.45) is 4.99 Å². The minimum absolute atomic E-state index is 0.790. The normalized spacial score (nSPS) is 11.2. The van der Waals surface area contributed by atoms with Crippen LogP contribution in [0, 0.1) is 0 Å². The highest BCUT2D eigenvalue weighted by molar-refractivity contribution is 5.82. The fraction of sp³-hybridized carbons (Fsp3) is 0.424. The molecule has 3 aromatic rings. The van der Waals surface area contributed by atoms with Gasteiger partial charge in [0.25, 0.3) is 0 Å². The molecule has 3 heteroatoms. The van der Waals surface area contributed by atoms with E-state index in [1.54, 1.807) is 0 Å². The lowest BCUT2D eigenvalue weighted by Gasteiger charge is -2.08. The van der Waals surface area contributed by atoms with Gasteiger partial charge in [-0.2, -0.15) is 0 Å². The van der Waals surface area contributed by atoms with Crippen LogP contribution in [0.15, 0.2) is 77.8 Å². The summed E-state index contributed by atoms with van der Waals surface area (Å²) in [7, 11) is 0. The van der Waals surface area contributed by atoms with Gasteiger partial charge in [-0.05, 0) is 78.1 Å². The molecule has 0 unspecified atom stereocenters. The average Bonchev–Trinajstić information content (AvgIpc) is 2.93. The topological polar surface area (TPSA) is 30.8 Å². The minimum atomic E-state index is 0.790. The van der Waals surface area contributed by atoms with Crippen molar-refractivity contribution >= 4 is 11.9 Å². The monoisotopic (exact) mass is 485 g/mol. The SMILES string of the molecule is CCCCCCCOc1ccc(C=Nc2ccc(-c3ccc(OCCCCCCC)cc3)cc2)cc1. The van der Waals surface area contributed by atoms with E-state index in [4.69, 9.17) is 9.47 Å². The summed E-state index contributed by atoms with van der Waals surface area (Å²) in [5.74, 6) is 1.87. The Morgan fingerprint density at radius 1 is 0.528 bits per heavy atom. The smallest absolute Gasteiger partial charge is 0.119 e. The van der Waals surface area contributed by atoms with Crippen LogP contribution in [-0.2, 0) is 0 Å². The maximum absolute atomic E-state index is 5.89. The highest BCUT2D eigenvalue weighted by atomic mass is 16.5. The molecule has 0 fully saturated rings. The number of nitrogens with zero attached hydrogens (tertiary/aromatic N) is 1. The van der Waals surface area contributed by atoms with Gasteiger partial charge in [0.05, 0.1) is 18.9 Å². The molecule has 0 saturated heterocycles. The van der Waals surface area contributed by atoms with E-state index in [2.05, 4.69) is 79.5 Å². The Labute approximate surface area is 218 Å². The number of rotatable bonds is 17. The van der Waals surface area contributed by atoms with Crippen molar-refractivity contribution < 1.29 is 9.47 Å². The third-order valence-electron chi connectivity index (χ3n) is 6.33. The lowest BCUT2D eigenvalue weighted by molar-refractivity contribution is 0.304. The molecule has 0 radical (unpaired) electrons. The van der Waals surface area contributed by atoms with Crippen molar-refractivity contribution in [3.63, 3.8) is 0 Å². The zero-order valence-corrected chi connectivity index (χ0v) is 22.3. The van der Waals surface area contributed by atoms with E-state index < -0.39 is 0 Å². The molecular weight excluding hydrogens is 442 g/mol. The zero-order valence-electron chi connectivity index (χ0n) is 22.3. The van der Waals surface area contributed by atoms with Crippen LogP contribution in [-0.4, -0.2) is 19.4 Å². The summed E-state index contributed by atoms with van der Waals surface area (Å²) in [6.45, 7) is 6.07. The van der Waals surface area contributed by atoms with Gasteiger partial charge in [0.1, 0.15) is 11.5 Å². The van der Waals surface area contributed by atoms with Crippen LogP contribution in [0.4, 0.5) is 5.69 Å². The molecule has 0 saturated carbocycles. The van der Waals surface area contributed by atoms with Crippen molar-refractivity contribution in [3.8, 4) is 22.6 Å². The minimum Gasteiger partial charge on any atom is -0.494 e. The Kier molecular flexibility index (Phi) is 12.7. The summed E-state index contributed by atoms with van der Waals surface area (Å²) in [5, 5.41) is 0. The second-order valence-electron chi connectivity index (χ2n) is 9.42. The molecule has 192 valence electrons. The Bertz CT molecular complexity index is 991. The van der Waals surface area contributed by atoms with Gasteiger partial charge in [0.2, 0.25) is 0 Å². The molecule has 3 aromatic carbocycles. The number of hydrogen-bond acceptors (Lipinski definition) is 3. The molecule has 0 heterocycles. The van der Waals surface area contributed by atoms with E-state index in [1.165, 1.54) is 62.5 Å². The molecule has 0 aliphatic carbocycles. The van der Waals surface area contributed by atoms with Gasteiger partial charge in [0, 0.05) is 6.21 Å². The van der Waals surface area contributed by atoms with E-state index >= 15 is 0 Å². The number of hydrogen-bond donors (Lipinski definition) is 0. The molecule has 0 amide bonds. The van der Waals surface area contributed by atoms with Crippen LogP contribution >= 0.6 is 0 Å². The Balaban J connectivity index is 1.42. The van der Waals surface area contributed by atoms with Gasteiger partial charge in [0.15, 0.2) is 0 Å². The zero-order chi connectivity index (χ0) is 25.3. The van der Waals surface area contributed by atoms with Gasteiger partial charge >= 0.3 is 0 Å². The molecule has 0 atom stereocenters. The van der Waals surface area contributed by atoms with Gasteiger partial charge in [-0.3, -0.25) is 4.99 Å². The number of aliphatic imine (C=N–C) groups is 1. The van der Waals surface area contributed by atoms with E-state index in [0.29, 0.717) is 0 Å². The summed E-state index contributed by atoms with van der Waals surface area (Å²) < 4.78 is 11.7. The van der Waals surface area contributed by atoms with Crippen LogP contribution in [0.5, 0.6) is 11.5 Å². The summed E-state index contributed by atoms with van der Waals surface area (Å²) in [4.78, 5) is 4.63. The van der Waals surface area contributed by atoms with Gasteiger partial charge < -0.3 is 9.47 Å². The average molecular weight is 486 g/mol. The van der Waals surface area contributed by atoms with Crippen molar-refractivity contribution in [1.29, 1.82) is 0 Å². The van der Waals surface area contributed by atoms with Crippen LogP contribution in [0.25, 0.3) is 11.1 Å². The molecule has 3 nitrogen and oxygen atoms in total. The van der Waals surface area contributed by atoms with E-state index in [9.17, 15) is 0 Å². The molecular formula is C33H43NO2. The molecule has 3 rings (SSSR count). The largest absolute Gasteiger partial charge is 0.494 e. The highest BCUT2D eigenvalue weighted by Crippen LogP contribution is 2.25. The van der Waals surface area contributed by atoms with E-state index in [1.807, 2.05) is 18.3 Å². The predicted molar refractivity (Wildman–Crippen MR) is 154 cm³/mol. The first kappa shape index (κ1) is 27.5. The summed E-state index contributed by atoms with van der Waals surface area (Å²) in [6.07, 6.45) is 14.4. The molecule has 0 aromatic heterocycles. The lowest BCUT2D eigenvalue weighted by atomic mass is 10.1. The van der Waals surface area contributed by atoms with Crippen molar-refractivity contribution in [2.45, 2.75) is 78.1 Å². The first-order valence-electron chi connectivity index (χ1n) is 13.9. The summed E-state index contributed by atoms with van der Waals surface area (Å²) in [6, 6.07) is 24.9. The fourth-order valence-electron chi connectivity index (χ4n) is 4.07. The first-order valence-corrected chi connectivity index (χ1v) is 13.9. The molecule has 36 heavy (non-hydrogen) atoms. The summed E-state index contributed by atoms with van der Waals surface area (Å²) >= 11 is 0. The second kappa shape index (κ2) is 16.6. The maximum atomic E-state index is 5.89. The highest BCUT2D eigenvalue weighted by Gasteiger charge is 2.00. The Morgan fingerprint density at radius 2 is 0.972 bits per heavy atom. The molecule has 0 aliphatic heterocycles. The predicted octanol–water partition coefficient (Wildman–Crippen LogP) is 9.80. The quantitative estimate of drug-likeness (QED) is 0.141. The maximum Gasteiger partial charge on any atom is 0.119 e. The number of ether oxygens (including phenoxy) is 2. The van der Waals surface area contributed by atoms with Gasteiger partial charge in [-0.1, -0.05) is 89.5 Å². The third kappa shape index (κ3) is 10.3. The van der Waals surface area contributed by atoms with Crippen LogP contribution in [0.1, 0.15) is 83.6 Å². The molecule has 0 bridgehead atoms. The Hall–Kier alpha value is -3.07. The molecule has 0 N–H and O–H groups in total. The molecule has 0 spiro atoms. The van der Waals surface area contributed by atoms with E-state index in [-0.39, 0.29) is 0 Å². The van der Waals surface area contributed by atoms with Crippen LogP contribution in [0.2, 0.25) is 0 Å². The molecule has 0 aliphatic rings. The van der Waals surface area contributed by atoms with Crippen molar-refractivity contribution in [2.75, 3.05) is 13.2 Å². The number of benzene rings is 3. The van der Waals surface area contributed by atoms with Gasteiger partial charge in [-0.15, -0.1) is 0 Å². The third-order valence-corrected chi connectivity index (χ3v) is 6.33. The van der Waals surface area contributed by atoms with E-state index in [0.717, 1.165) is 48.8 Å². The fourth-order valence-corrected chi connectivity index (χ4v) is 4.07. The first-order chi connectivity index (χ1) is 17.8. The Morgan fingerprint density at radius 3 is 1.47 bits per heavy atom. The number of unbranched alkanes of at least 4 members (excludes halogenated alkanes) is 8. The standard InChI is InChI=1S/C33H43NO2/c1-3-5-7-9-11-25-35-32-21-13-28(14-22-32)27-34-31-19-15-29(16-20-31)30-17-23-33(24-18-30)36-26-12-10-8-6-4-2/h13-24,27H,3-12,25-26H2,1-2H3. The van der Waals surface area contributed by atoms with Gasteiger partial charge in [-0.25, -0.2) is 0 Å². The van der Waals surface area contributed by atoms with Crippen LogP contribution in [0.3, 0.4) is 0 Å².